The third-order valence-corrected chi connectivity index (χ3v) is 2.98. The molecule has 1 amide bonds. The molecule has 0 saturated heterocycles. The van der Waals surface area contributed by atoms with Gasteiger partial charge in [0.25, 0.3) is 5.91 Å². The van der Waals surface area contributed by atoms with Crippen molar-refractivity contribution in [3.05, 3.63) is 53.7 Å². The molecule has 5 nitrogen and oxygen atoms in total. The standard InChI is InChI=1S/C15H14N2O3/c1-9-2-4-12(19-9)8-17-15(18)14-7-10-6-11(16)3-5-13(10)20-14/h2-7H,8,16H2,1H3,(H,17,18). The molecule has 102 valence electrons. The number of nitrogen functional groups attached to an aromatic ring is 1. The summed E-state index contributed by atoms with van der Waals surface area (Å²) in [4.78, 5) is 12.0. The normalized spacial score (nSPS) is 10.8. The van der Waals surface area contributed by atoms with E-state index in [9.17, 15) is 4.79 Å². The predicted molar refractivity (Wildman–Crippen MR) is 75.2 cm³/mol. The van der Waals surface area contributed by atoms with Gasteiger partial charge in [0.1, 0.15) is 17.1 Å². The van der Waals surface area contributed by atoms with Crippen molar-refractivity contribution in [2.75, 3.05) is 5.73 Å². The van der Waals surface area contributed by atoms with Crippen LogP contribution < -0.4 is 11.1 Å². The van der Waals surface area contributed by atoms with Gasteiger partial charge in [-0.1, -0.05) is 0 Å². The summed E-state index contributed by atoms with van der Waals surface area (Å²) in [5.74, 6) is 1.49. The molecule has 0 fully saturated rings. The molecule has 0 saturated carbocycles. The van der Waals surface area contributed by atoms with Crippen LogP contribution in [0.25, 0.3) is 11.0 Å². The molecule has 20 heavy (non-hydrogen) atoms. The number of fused-ring (bicyclic) bond motifs is 1. The minimum absolute atomic E-state index is 0.258. The van der Waals surface area contributed by atoms with Crippen molar-refractivity contribution in [1.82, 2.24) is 5.32 Å². The van der Waals surface area contributed by atoms with Gasteiger partial charge in [-0.15, -0.1) is 0 Å². The van der Waals surface area contributed by atoms with Gasteiger partial charge in [0.2, 0.25) is 0 Å². The first-order valence-corrected chi connectivity index (χ1v) is 6.24. The highest BCUT2D eigenvalue weighted by atomic mass is 16.3. The molecule has 0 atom stereocenters. The first-order valence-electron chi connectivity index (χ1n) is 6.24. The van der Waals surface area contributed by atoms with Gasteiger partial charge >= 0.3 is 0 Å². The Balaban J connectivity index is 1.75. The Morgan fingerprint density at radius 2 is 2.05 bits per heavy atom. The molecule has 2 aromatic heterocycles. The van der Waals surface area contributed by atoms with E-state index in [0.717, 1.165) is 11.1 Å². The van der Waals surface area contributed by atoms with E-state index in [1.165, 1.54) is 0 Å². The van der Waals surface area contributed by atoms with Crippen LogP contribution >= 0.6 is 0 Å². The van der Waals surface area contributed by atoms with Crippen LogP contribution in [-0.2, 0) is 6.54 Å². The molecular formula is C15H14N2O3. The SMILES string of the molecule is Cc1ccc(CNC(=O)c2cc3cc(N)ccc3o2)o1. The number of aryl methyl sites for hydroxylation is 1. The molecule has 0 unspecified atom stereocenters. The Morgan fingerprint density at radius 1 is 1.20 bits per heavy atom. The number of rotatable bonds is 3. The van der Waals surface area contributed by atoms with Crippen LogP contribution in [0.2, 0.25) is 0 Å². The number of nitrogens with two attached hydrogens (primary N) is 1. The second-order valence-corrected chi connectivity index (χ2v) is 4.60. The zero-order chi connectivity index (χ0) is 14.1. The fourth-order valence-electron chi connectivity index (χ4n) is 2.01. The molecule has 2 heterocycles. The van der Waals surface area contributed by atoms with Crippen molar-refractivity contribution in [3.8, 4) is 0 Å². The number of hydrogen-bond acceptors (Lipinski definition) is 4. The van der Waals surface area contributed by atoms with E-state index in [1.807, 2.05) is 19.1 Å². The summed E-state index contributed by atoms with van der Waals surface area (Å²) in [5, 5.41) is 3.56. The van der Waals surface area contributed by atoms with Gasteiger partial charge in [0.05, 0.1) is 6.54 Å². The van der Waals surface area contributed by atoms with E-state index in [2.05, 4.69) is 5.32 Å². The lowest BCUT2D eigenvalue weighted by molar-refractivity contribution is 0.0922. The Morgan fingerprint density at radius 3 is 2.80 bits per heavy atom. The number of furan rings is 2. The molecule has 0 spiro atoms. The van der Waals surface area contributed by atoms with Crippen molar-refractivity contribution in [2.24, 2.45) is 0 Å². The number of carbonyl (C=O) groups is 1. The second kappa shape index (κ2) is 4.77. The maximum absolute atomic E-state index is 12.0. The number of carbonyl (C=O) groups excluding carboxylic acids is 1. The summed E-state index contributed by atoms with van der Waals surface area (Å²) in [5.41, 5.74) is 6.96. The molecule has 5 heteroatoms. The Hall–Kier alpha value is -2.69. The summed E-state index contributed by atoms with van der Waals surface area (Å²) >= 11 is 0. The van der Waals surface area contributed by atoms with Gasteiger partial charge in [-0.3, -0.25) is 4.79 Å². The first-order chi connectivity index (χ1) is 9.61. The molecule has 0 aliphatic heterocycles. The molecule has 0 aliphatic carbocycles. The summed E-state index contributed by atoms with van der Waals surface area (Å²) < 4.78 is 10.9. The maximum Gasteiger partial charge on any atom is 0.287 e. The summed E-state index contributed by atoms with van der Waals surface area (Å²) in [6, 6.07) is 10.6. The molecule has 0 bridgehead atoms. The third-order valence-electron chi connectivity index (χ3n) is 2.98. The topological polar surface area (TPSA) is 81.4 Å². The number of hydrogen-bond donors (Lipinski definition) is 2. The molecule has 0 aliphatic rings. The molecule has 0 radical (unpaired) electrons. The van der Waals surface area contributed by atoms with Crippen molar-refractivity contribution in [1.29, 1.82) is 0 Å². The Labute approximate surface area is 115 Å². The maximum atomic E-state index is 12.0. The van der Waals surface area contributed by atoms with Gasteiger partial charge < -0.3 is 19.9 Å². The molecular weight excluding hydrogens is 256 g/mol. The molecule has 1 aromatic carbocycles. The predicted octanol–water partition coefficient (Wildman–Crippen LogP) is 2.85. The van der Waals surface area contributed by atoms with Gasteiger partial charge in [0.15, 0.2) is 5.76 Å². The van der Waals surface area contributed by atoms with Gasteiger partial charge in [-0.05, 0) is 43.3 Å². The van der Waals surface area contributed by atoms with Crippen molar-refractivity contribution < 1.29 is 13.6 Å². The van der Waals surface area contributed by atoms with E-state index >= 15 is 0 Å². The van der Waals surface area contributed by atoms with Crippen LogP contribution in [-0.4, -0.2) is 5.91 Å². The second-order valence-electron chi connectivity index (χ2n) is 4.60. The minimum atomic E-state index is -0.283. The van der Waals surface area contributed by atoms with Crippen molar-refractivity contribution >= 4 is 22.6 Å². The van der Waals surface area contributed by atoms with Gasteiger partial charge in [-0.25, -0.2) is 0 Å². The summed E-state index contributed by atoms with van der Waals surface area (Å²) in [6.07, 6.45) is 0. The largest absolute Gasteiger partial charge is 0.465 e. The third kappa shape index (κ3) is 2.38. The smallest absolute Gasteiger partial charge is 0.287 e. The highest BCUT2D eigenvalue weighted by Gasteiger charge is 2.12. The monoisotopic (exact) mass is 270 g/mol. The minimum Gasteiger partial charge on any atom is -0.465 e. The lowest BCUT2D eigenvalue weighted by Crippen LogP contribution is -2.21. The van der Waals surface area contributed by atoms with Crippen LogP contribution in [0.3, 0.4) is 0 Å². The summed E-state index contributed by atoms with van der Waals surface area (Å²) in [7, 11) is 0. The fraction of sp³-hybridized carbons (Fsp3) is 0.133. The van der Waals surface area contributed by atoms with E-state index in [4.69, 9.17) is 14.6 Å². The fourth-order valence-corrected chi connectivity index (χ4v) is 2.01. The molecule has 3 rings (SSSR count). The van der Waals surface area contributed by atoms with Crippen LogP contribution in [0.4, 0.5) is 5.69 Å². The van der Waals surface area contributed by atoms with Crippen LogP contribution in [0.15, 0.2) is 45.2 Å². The number of nitrogens with one attached hydrogen (secondary N) is 1. The van der Waals surface area contributed by atoms with Crippen LogP contribution in [0.5, 0.6) is 0 Å². The van der Waals surface area contributed by atoms with Gasteiger partial charge in [-0.2, -0.15) is 0 Å². The van der Waals surface area contributed by atoms with Gasteiger partial charge in [0, 0.05) is 11.1 Å². The average molecular weight is 270 g/mol. The average Bonchev–Trinajstić information content (AvgIpc) is 3.01. The molecule has 3 N–H and O–H groups in total. The van der Waals surface area contributed by atoms with Crippen molar-refractivity contribution in [3.63, 3.8) is 0 Å². The Kier molecular flexibility index (Phi) is 2.95. The van der Waals surface area contributed by atoms with Crippen molar-refractivity contribution in [2.45, 2.75) is 13.5 Å². The lowest BCUT2D eigenvalue weighted by Gasteiger charge is -1.99. The molecule has 3 aromatic rings. The highest BCUT2D eigenvalue weighted by molar-refractivity contribution is 5.96. The van der Waals surface area contributed by atoms with E-state index in [1.54, 1.807) is 24.3 Å². The zero-order valence-electron chi connectivity index (χ0n) is 11.0. The van der Waals surface area contributed by atoms with E-state index in [-0.39, 0.29) is 11.7 Å². The quantitative estimate of drug-likeness (QED) is 0.717. The zero-order valence-corrected chi connectivity index (χ0v) is 11.0. The summed E-state index contributed by atoms with van der Waals surface area (Å²) in [6.45, 7) is 2.18. The van der Waals surface area contributed by atoms with E-state index in [0.29, 0.717) is 23.6 Å². The number of benzene rings is 1. The first kappa shape index (κ1) is 12.3. The Bertz CT molecular complexity index is 770. The number of amides is 1. The van der Waals surface area contributed by atoms with Crippen LogP contribution in [0.1, 0.15) is 22.1 Å². The van der Waals surface area contributed by atoms with Crippen LogP contribution in [0, 0.1) is 6.92 Å². The highest BCUT2D eigenvalue weighted by Crippen LogP contribution is 2.21. The number of anilines is 1. The lowest BCUT2D eigenvalue weighted by atomic mass is 10.2. The van der Waals surface area contributed by atoms with E-state index < -0.39 is 0 Å².